The largest absolute Gasteiger partial charge is 0.378 e. The standard InChI is InChI=1S/C18H23N3/c1-20(2)17-7-3-15(4-8-17)16-5-9-18(10-6-16)21-13-11-19-12-14-21/h3-10,19H,11-14H2,1-2H3. The highest BCUT2D eigenvalue weighted by atomic mass is 15.2. The Labute approximate surface area is 127 Å². The lowest BCUT2D eigenvalue weighted by Gasteiger charge is -2.29. The molecule has 2 aromatic rings. The molecule has 110 valence electrons. The molecule has 0 amide bonds. The van der Waals surface area contributed by atoms with Crippen LogP contribution in [0.3, 0.4) is 0 Å². The maximum Gasteiger partial charge on any atom is 0.0367 e. The molecule has 0 atom stereocenters. The Balaban J connectivity index is 1.76. The second kappa shape index (κ2) is 6.19. The third-order valence-corrected chi connectivity index (χ3v) is 4.07. The van der Waals surface area contributed by atoms with Crippen molar-refractivity contribution in [2.24, 2.45) is 0 Å². The maximum absolute atomic E-state index is 3.39. The van der Waals surface area contributed by atoms with Crippen LogP contribution >= 0.6 is 0 Å². The fraction of sp³-hybridized carbons (Fsp3) is 0.333. The molecule has 0 aliphatic carbocycles. The fourth-order valence-electron chi connectivity index (χ4n) is 2.74. The van der Waals surface area contributed by atoms with Crippen LogP contribution < -0.4 is 15.1 Å². The van der Waals surface area contributed by atoms with Crippen molar-refractivity contribution in [2.45, 2.75) is 0 Å². The van der Waals surface area contributed by atoms with E-state index in [0.29, 0.717) is 0 Å². The normalized spacial score (nSPS) is 15.0. The quantitative estimate of drug-likeness (QED) is 0.933. The average Bonchev–Trinajstić information content (AvgIpc) is 2.56. The Kier molecular flexibility index (Phi) is 4.11. The number of hydrogen-bond acceptors (Lipinski definition) is 3. The molecule has 0 radical (unpaired) electrons. The van der Waals surface area contributed by atoms with E-state index in [1.165, 1.54) is 22.5 Å². The molecule has 0 unspecified atom stereocenters. The van der Waals surface area contributed by atoms with Gasteiger partial charge in [0.05, 0.1) is 0 Å². The summed E-state index contributed by atoms with van der Waals surface area (Å²) in [5.74, 6) is 0. The van der Waals surface area contributed by atoms with E-state index in [0.717, 1.165) is 26.2 Å². The molecule has 2 aromatic carbocycles. The van der Waals surface area contributed by atoms with Crippen molar-refractivity contribution >= 4 is 11.4 Å². The molecule has 0 aromatic heterocycles. The van der Waals surface area contributed by atoms with Gasteiger partial charge in [-0.1, -0.05) is 24.3 Å². The van der Waals surface area contributed by atoms with Crippen LogP contribution in [0.5, 0.6) is 0 Å². The summed E-state index contributed by atoms with van der Waals surface area (Å²) in [6.45, 7) is 4.34. The van der Waals surface area contributed by atoms with E-state index in [9.17, 15) is 0 Å². The van der Waals surface area contributed by atoms with Gasteiger partial charge in [-0.3, -0.25) is 0 Å². The van der Waals surface area contributed by atoms with Gasteiger partial charge >= 0.3 is 0 Å². The van der Waals surface area contributed by atoms with Crippen LogP contribution in [-0.4, -0.2) is 40.3 Å². The van der Waals surface area contributed by atoms with E-state index < -0.39 is 0 Å². The van der Waals surface area contributed by atoms with Gasteiger partial charge in [-0.15, -0.1) is 0 Å². The SMILES string of the molecule is CN(C)c1ccc(-c2ccc(N3CCNCC3)cc2)cc1. The van der Waals surface area contributed by atoms with E-state index in [1.807, 2.05) is 0 Å². The van der Waals surface area contributed by atoms with E-state index in [2.05, 4.69) is 77.7 Å². The minimum Gasteiger partial charge on any atom is -0.378 e. The van der Waals surface area contributed by atoms with Gasteiger partial charge in [0, 0.05) is 51.6 Å². The Morgan fingerprint density at radius 3 is 1.86 bits per heavy atom. The lowest BCUT2D eigenvalue weighted by Crippen LogP contribution is -2.43. The number of piperazine rings is 1. The summed E-state index contributed by atoms with van der Waals surface area (Å²) >= 11 is 0. The average molecular weight is 281 g/mol. The molecule has 0 spiro atoms. The number of nitrogens with zero attached hydrogens (tertiary/aromatic N) is 2. The zero-order valence-electron chi connectivity index (χ0n) is 12.8. The van der Waals surface area contributed by atoms with Crippen molar-refractivity contribution in [3.8, 4) is 11.1 Å². The van der Waals surface area contributed by atoms with Crippen LogP contribution in [0.2, 0.25) is 0 Å². The van der Waals surface area contributed by atoms with Crippen LogP contribution in [0.25, 0.3) is 11.1 Å². The Morgan fingerprint density at radius 2 is 1.33 bits per heavy atom. The Bertz CT molecular complexity index is 566. The summed E-state index contributed by atoms with van der Waals surface area (Å²) in [6.07, 6.45) is 0. The highest BCUT2D eigenvalue weighted by Gasteiger charge is 2.10. The molecule has 1 aliphatic heterocycles. The maximum atomic E-state index is 3.39. The predicted octanol–water partition coefficient (Wildman–Crippen LogP) is 2.83. The lowest BCUT2D eigenvalue weighted by molar-refractivity contribution is 0.589. The molecule has 0 saturated carbocycles. The van der Waals surface area contributed by atoms with Gasteiger partial charge in [0.25, 0.3) is 0 Å². The van der Waals surface area contributed by atoms with Gasteiger partial charge < -0.3 is 15.1 Å². The van der Waals surface area contributed by atoms with Gasteiger partial charge in [-0.05, 0) is 35.4 Å². The van der Waals surface area contributed by atoms with Gasteiger partial charge in [0.1, 0.15) is 0 Å². The van der Waals surface area contributed by atoms with E-state index in [4.69, 9.17) is 0 Å². The lowest BCUT2D eigenvalue weighted by atomic mass is 10.0. The summed E-state index contributed by atoms with van der Waals surface area (Å²) < 4.78 is 0. The highest BCUT2D eigenvalue weighted by molar-refractivity contribution is 5.68. The molecule has 3 rings (SSSR count). The number of benzene rings is 2. The molecule has 1 aliphatic rings. The summed E-state index contributed by atoms with van der Waals surface area (Å²) in [7, 11) is 4.13. The van der Waals surface area contributed by atoms with Crippen molar-refractivity contribution in [2.75, 3.05) is 50.1 Å². The molecular formula is C18H23N3. The number of rotatable bonds is 3. The molecule has 1 saturated heterocycles. The second-order valence-electron chi connectivity index (χ2n) is 5.73. The van der Waals surface area contributed by atoms with E-state index >= 15 is 0 Å². The molecule has 3 heteroatoms. The van der Waals surface area contributed by atoms with Crippen LogP contribution in [-0.2, 0) is 0 Å². The summed E-state index contributed by atoms with van der Waals surface area (Å²) in [5.41, 5.74) is 5.10. The van der Waals surface area contributed by atoms with Crippen molar-refractivity contribution < 1.29 is 0 Å². The third kappa shape index (κ3) is 3.19. The van der Waals surface area contributed by atoms with Gasteiger partial charge in [0.15, 0.2) is 0 Å². The first kappa shape index (κ1) is 14.0. The van der Waals surface area contributed by atoms with E-state index in [-0.39, 0.29) is 0 Å². The summed E-state index contributed by atoms with van der Waals surface area (Å²) in [5, 5.41) is 3.39. The zero-order chi connectivity index (χ0) is 14.7. The predicted molar refractivity (Wildman–Crippen MR) is 91.3 cm³/mol. The monoisotopic (exact) mass is 281 g/mol. The molecule has 21 heavy (non-hydrogen) atoms. The van der Waals surface area contributed by atoms with Crippen molar-refractivity contribution in [1.82, 2.24) is 5.32 Å². The van der Waals surface area contributed by atoms with Gasteiger partial charge in [0.2, 0.25) is 0 Å². The minimum atomic E-state index is 1.08. The number of nitrogens with one attached hydrogen (secondary N) is 1. The van der Waals surface area contributed by atoms with Crippen LogP contribution in [0, 0.1) is 0 Å². The van der Waals surface area contributed by atoms with Crippen molar-refractivity contribution in [1.29, 1.82) is 0 Å². The molecule has 0 bridgehead atoms. The molecule has 1 heterocycles. The first-order chi connectivity index (χ1) is 10.2. The highest BCUT2D eigenvalue weighted by Crippen LogP contribution is 2.25. The zero-order valence-corrected chi connectivity index (χ0v) is 12.8. The van der Waals surface area contributed by atoms with Gasteiger partial charge in [-0.2, -0.15) is 0 Å². The Morgan fingerprint density at radius 1 is 0.810 bits per heavy atom. The Hall–Kier alpha value is -2.00. The summed E-state index contributed by atoms with van der Waals surface area (Å²) in [6, 6.07) is 17.6. The topological polar surface area (TPSA) is 18.5 Å². The second-order valence-corrected chi connectivity index (χ2v) is 5.73. The molecule has 1 fully saturated rings. The fourth-order valence-corrected chi connectivity index (χ4v) is 2.74. The molecule has 3 nitrogen and oxygen atoms in total. The number of hydrogen-bond donors (Lipinski definition) is 1. The number of anilines is 2. The van der Waals surface area contributed by atoms with Gasteiger partial charge in [-0.25, -0.2) is 0 Å². The smallest absolute Gasteiger partial charge is 0.0367 e. The van der Waals surface area contributed by atoms with Crippen molar-refractivity contribution in [3.63, 3.8) is 0 Å². The molecular weight excluding hydrogens is 258 g/mol. The first-order valence-corrected chi connectivity index (χ1v) is 7.57. The summed E-state index contributed by atoms with van der Waals surface area (Å²) in [4.78, 5) is 4.56. The van der Waals surface area contributed by atoms with E-state index in [1.54, 1.807) is 0 Å². The van der Waals surface area contributed by atoms with Crippen LogP contribution in [0.1, 0.15) is 0 Å². The molecule has 1 N–H and O–H groups in total. The van der Waals surface area contributed by atoms with Crippen molar-refractivity contribution in [3.05, 3.63) is 48.5 Å². The first-order valence-electron chi connectivity index (χ1n) is 7.57. The minimum absolute atomic E-state index is 1.08. The van der Waals surface area contributed by atoms with Crippen LogP contribution in [0.15, 0.2) is 48.5 Å². The van der Waals surface area contributed by atoms with Crippen LogP contribution in [0.4, 0.5) is 11.4 Å². The third-order valence-electron chi connectivity index (χ3n) is 4.07.